The van der Waals surface area contributed by atoms with E-state index in [9.17, 15) is 14.3 Å². The summed E-state index contributed by atoms with van der Waals surface area (Å²) in [4.78, 5) is 13.1. The Balaban J connectivity index is 2.02. The van der Waals surface area contributed by atoms with Gasteiger partial charge in [0.05, 0.1) is 24.8 Å². The number of carbonyl (C=O) groups is 1. The number of halogens is 1. The van der Waals surface area contributed by atoms with E-state index in [1.807, 2.05) is 4.90 Å². The van der Waals surface area contributed by atoms with Crippen molar-refractivity contribution in [1.82, 2.24) is 0 Å². The summed E-state index contributed by atoms with van der Waals surface area (Å²) in [6, 6.07) is 4.56. The van der Waals surface area contributed by atoms with Crippen LogP contribution in [0.5, 0.6) is 0 Å². The molecule has 0 spiro atoms. The fraction of sp³-hybridized carbons (Fsp3) is 0.500. The van der Waals surface area contributed by atoms with Gasteiger partial charge in [0.15, 0.2) is 0 Å². The van der Waals surface area contributed by atoms with Crippen LogP contribution in [-0.4, -0.2) is 36.9 Å². The first-order valence-electron chi connectivity index (χ1n) is 6.53. The van der Waals surface area contributed by atoms with Crippen LogP contribution in [0.3, 0.4) is 0 Å². The Bertz CT molecular complexity index is 499. The van der Waals surface area contributed by atoms with Gasteiger partial charge >= 0.3 is 5.97 Å². The van der Waals surface area contributed by atoms with Gasteiger partial charge < -0.3 is 20.5 Å². The van der Waals surface area contributed by atoms with Crippen LogP contribution >= 0.6 is 0 Å². The largest absolute Gasteiger partial charge is 0.469 e. The molecule has 0 radical (unpaired) electrons. The van der Waals surface area contributed by atoms with E-state index in [0.29, 0.717) is 37.3 Å². The van der Waals surface area contributed by atoms with Gasteiger partial charge in [0.1, 0.15) is 5.82 Å². The number of carbonyl (C=O) groups excluding carboxylic acids is 1. The molecule has 1 aromatic carbocycles. The van der Waals surface area contributed by atoms with Gasteiger partial charge in [0.2, 0.25) is 0 Å². The van der Waals surface area contributed by atoms with E-state index in [1.54, 1.807) is 12.1 Å². The van der Waals surface area contributed by atoms with E-state index in [4.69, 9.17) is 5.73 Å². The van der Waals surface area contributed by atoms with E-state index in [1.165, 1.54) is 13.2 Å². The molecule has 0 bridgehead atoms. The second-order valence-corrected chi connectivity index (χ2v) is 5.18. The first kappa shape index (κ1) is 14.6. The summed E-state index contributed by atoms with van der Waals surface area (Å²) in [5.74, 6) is -0.803. The zero-order valence-electron chi connectivity index (χ0n) is 11.4. The van der Waals surface area contributed by atoms with Gasteiger partial charge in [-0.05, 0) is 31.0 Å². The van der Waals surface area contributed by atoms with Crippen molar-refractivity contribution in [2.24, 2.45) is 0 Å². The number of methoxy groups -OCH3 is 1. The summed E-state index contributed by atoms with van der Waals surface area (Å²) in [6.45, 7) is 0.961. The highest BCUT2D eigenvalue weighted by atomic mass is 19.1. The highest BCUT2D eigenvalue weighted by molar-refractivity contribution is 5.70. The predicted octanol–water partition coefficient (Wildman–Crippen LogP) is 1.30. The van der Waals surface area contributed by atoms with Gasteiger partial charge in [-0.1, -0.05) is 0 Å². The van der Waals surface area contributed by atoms with Crippen LogP contribution in [-0.2, 0) is 9.53 Å². The molecule has 0 saturated carbocycles. The third-order valence-electron chi connectivity index (χ3n) is 3.71. The Hall–Kier alpha value is -1.82. The van der Waals surface area contributed by atoms with Crippen LogP contribution in [0.2, 0.25) is 0 Å². The number of esters is 1. The molecule has 110 valence electrons. The van der Waals surface area contributed by atoms with Gasteiger partial charge in [-0.2, -0.15) is 0 Å². The first-order valence-corrected chi connectivity index (χ1v) is 6.53. The number of rotatable bonds is 3. The van der Waals surface area contributed by atoms with Crippen LogP contribution in [0.15, 0.2) is 18.2 Å². The van der Waals surface area contributed by atoms with Crippen molar-refractivity contribution in [1.29, 1.82) is 0 Å². The Morgan fingerprint density at radius 1 is 1.50 bits per heavy atom. The molecule has 0 atom stereocenters. The molecule has 20 heavy (non-hydrogen) atoms. The highest BCUT2D eigenvalue weighted by Crippen LogP contribution is 2.30. The minimum absolute atomic E-state index is 0.0262. The molecule has 3 N–H and O–H groups in total. The molecule has 1 heterocycles. The van der Waals surface area contributed by atoms with E-state index in [0.717, 1.165) is 0 Å². The minimum atomic E-state index is -1.06. The molecule has 0 unspecified atom stereocenters. The third-order valence-corrected chi connectivity index (χ3v) is 3.71. The Labute approximate surface area is 117 Å². The maximum Gasteiger partial charge on any atom is 0.308 e. The number of aliphatic hydroxyl groups is 1. The van der Waals surface area contributed by atoms with Crippen LogP contribution in [0, 0.1) is 5.82 Å². The van der Waals surface area contributed by atoms with Crippen molar-refractivity contribution in [3.63, 3.8) is 0 Å². The number of benzene rings is 1. The summed E-state index contributed by atoms with van der Waals surface area (Å²) < 4.78 is 18.4. The predicted molar refractivity (Wildman–Crippen MR) is 73.8 cm³/mol. The average Bonchev–Trinajstić information content (AvgIpc) is 2.40. The summed E-state index contributed by atoms with van der Waals surface area (Å²) in [6.07, 6.45) is 0.763. The number of nitrogens with zero attached hydrogens (tertiary/aromatic N) is 1. The minimum Gasteiger partial charge on any atom is -0.469 e. The first-order chi connectivity index (χ1) is 9.43. The summed E-state index contributed by atoms with van der Waals surface area (Å²) in [5, 5.41) is 10.3. The molecule has 0 amide bonds. The molecular formula is C14H19FN2O3. The lowest BCUT2D eigenvalue weighted by Crippen LogP contribution is -2.46. The SMILES string of the molecule is COC(=O)CC1(O)CCN(c2ccc(N)cc2F)CC1. The lowest BCUT2D eigenvalue weighted by atomic mass is 9.88. The maximum atomic E-state index is 13.8. The number of anilines is 2. The van der Waals surface area contributed by atoms with E-state index >= 15 is 0 Å². The van der Waals surface area contributed by atoms with E-state index in [2.05, 4.69) is 4.74 Å². The van der Waals surface area contributed by atoms with Gasteiger partial charge in [0.25, 0.3) is 0 Å². The van der Waals surface area contributed by atoms with Crippen molar-refractivity contribution in [3.8, 4) is 0 Å². The second kappa shape index (κ2) is 5.66. The molecule has 1 saturated heterocycles. The normalized spacial score (nSPS) is 17.9. The van der Waals surface area contributed by atoms with Crippen molar-refractivity contribution in [3.05, 3.63) is 24.0 Å². The zero-order chi connectivity index (χ0) is 14.8. The monoisotopic (exact) mass is 282 g/mol. The van der Waals surface area contributed by atoms with Crippen LogP contribution < -0.4 is 10.6 Å². The summed E-state index contributed by atoms with van der Waals surface area (Å²) in [7, 11) is 1.30. The number of piperidine rings is 1. The van der Waals surface area contributed by atoms with Crippen molar-refractivity contribution in [2.45, 2.75) is 24.9 Å². The fourth-order valence-electron chi connectivity index (χ4n) is 2.46. The number of hydrogen-bond acceptors (Lipinski definition) is 5. The third kappa shape index (κ3) is 3.19. The average molecular weight is 282 g/mol. The van der Waals surface area contributed by atoms with Gasteiger partial charge in [-0.25, -0.2) is 4.39 Å². The second-order valence-electron chi connectivity index (χ2n) is 5.18. The molecular weight excluding hydrogens is 263 g/mol. The summed E-state index contributed by atoms with van der Waals surface area (Å²) >= 11 is 0. The van der Waals surface area contributed by atoms with Gasteiger partial charge in [0, 0.05) is 18.8 Å². The van der Waals surface area contributed by atoms with Crippen LogP contribution in [0.4, 0.5) is 15.8 Å². The van der Waals surface area contributed by atoms with Crippen LogP contribution in [0.1, 0.15) is 19.3 Å². The lowest BCUT2D eigenvalue weighted by molar-refractivity contribution is -0.147. The number of nitrogen functional groups attached to an aromatic ring is 1. The lowest BCUT2D eigenvalue weighted by Gasteiger charge is -2.38. The van der Waals surface area contributed by atoms with Gasteiger partial charge in [-0.15, -0.1) is 0 Å². The molecule has 6 heteroatoms. The topological polar surface area (TPSA) is 75.8 Å². The Morgan fingerprint density at radius 2 is 2.15 bits per heavy atom. The zero-order valence-corrected chi connectivity index (χ0v) is 11.4. The number of ether oxygens (including phenoxy) is 1. The quantitative estimate of drug-likeness (QED) is 0.645. The molecule has 1 aromatic rings. The van der Waals surface area contributed by atoms with Crippen molar-refractivity contribution in [2.75, 3.05) is 30.8 Å². The van der Waals surface area contributed by atoms with Crippen LogP contribution in [0.25, 0.3) is 0 Å². The fourth-order valence-corrected chi connectivity index (χ4v) is 2.46. The Kier molecular flexibility index (Phi) is 4.13. The summed E-state index contributed by atoms with van der Waals surface area (Å²) in [5.41, 5.74) is 5.31. The highest BCUT2D eigenvalue weighted by Gasteiger charge is 2.35. The molecule has 1 fully saturated rings. The molecule has 1 aliphatic heterocycles. The van der Waals surface area contributed by atoms with Crippen molar-refractivity contribution < 1.29 is 19.0 Å². The smallest absolute Gasteiger partial charge is 0.308 e. The van der Waals surface area contributed by atoms with E-state index < -0.39 is 11.6 Å². The molecule has 5 nitrogen and oxygen atoms in total. The molecule has 0 aromatic heterocycles. The Morgan fingerprint density at radius 3 is 2.70 bits per heavy atom. The molecule has 1 aliphatic rings. The van der Waals surface area contributed by atoms with Crippen molar-refractivity contribution >= 4 is 17.3 Å². The molecule has 0 aliphatic carbocycles. The number of nitrogens with two attached hydrogens (primary N) is 1. The standard InChI is InChI=1S/C14H19FN2O3/c1-20-13(18)9-14(19)4-6-17(7-5-14)12-3-2-10(16)8-11(12)15/h2-3,8,19H,4-7,9,16H2,1H3. The maximum absolute atomic E-state index is 13.8. The number of hydrogen-bond donors (Lipinski definition) is 2. The molecule has 2 rings (SSSR count). The van der Waals surface area contributed by atoms with Gasteiger partial charge in [-0.3, -0.25) is 4.79 Å². The van der Waals surface area contributed by atoms with E-state index in [-0.39, 0.29) is 12.2 Å².